The molecule has 124 valence electrons. The van der Waals surface area contributed by atoms with Crippen molar-refractivity contribution in [3.63, 3.8) is 0 Å². The zero-order chi connectivity index (χ0) is 16.7. The van der Waals surface area contributed by atoms with Crippen LogP contribution < -0.4 is 5.32 Å². The van der Waals surface area contributed by atoms with Crippen LogP contribution in [0.15, 0.2) is 29.2 Å². The summed E-state index contributed by atoms with van der Waals surface area (Å²) in [6, 6.07) is 7.41. The lowest BCUT2D eigenvalue weighted by Crippen LogP contribution is -2.33. The first-order valence-electron chi connectivity index (χ1n) is 7.45. The number of hydrogen-bond donors (Lipinski definition) is 1. The Morgan fingerprint density at radius 2 is 1.91 bits per heavy atom. The van der Waals surface area contributed by atoms with Crippen molar-refractivity contribution in [1.29, 1.82) is 0 Å². The Labute approximate surface area is 139 Å². The number of amides is 3. The first-order valence-corrected chi connectivity index (χ1v) is 8.68. The van der Waals surface area contributed by atoms with Crippen LogP contribution in [0.1, 0.15) is 23.2 Å². The number of benzene rings is 1. The summed E-state index contributed by atoms with van der Waals surface area (Å²) >= 11 is 1.52. The van der Waals surface area contributed by atoms with Gasteiger partial charge in [0.2, 0.25) is 11.8 Å². The number of likely N-dealkylation sites (tertiary alicyclic amines) is 1. The van der Waals surface area contributed by atoms with Crippen LogP contribution in [0.3, 0.4) is 0 Å². The molecule has 1 aliphatic rings. The highest BCUT2D eigenvalue weighted by molar-refractivity contribution is 7.98. The third-order valence-corrected chi connectivity index (χ3v) is 4.29. The van der Waals surface area contributed by atoms with Gasteiger partial charge in [0.15, 0.2) is 0 Å². The first kappa shape index (κ1) is 17.5. The molecule has 0 saturated carbocycles. The molecule has 0 radical (unpaired) electrons. The van der Waals surface area contributed by atoms with Crippen LogP contribution in [0.4, 0.5) is 0 Å². The van der Waals surface area contributed by atoms with Gasteiger partial charge in [0.1, 0.15) is 0 Å². The van der Waals surface area contributed by atoms with E-state index < -0.39 is 0 Å². The minimum Gasteiger partial charge on any atom is -0.378 e. The molecule has 1 aromatic rings. The summed E-state index contributed by atoms with van der Waals surface area (Å²) in [4.78, 5) is 37.0. The van der Waals surface area contributed by atoms with E-state index in [0.717, 1.165) is 4.90 Å². The number of imide groups is 1. The van der Waals surface area contributed by atoms with Gasteiger partial charge in [-0.2, -0.15) is 0 Å². The number of ether oxygens (including phenoxy) is 1. The van der Waals surface area contributed by atoms with Crippen molar-refractivity contribution in [2.45, 2.75) is 17.7 Å². The quantitative estimate of drug-likeness (QED) is 0.440. The van der Waals surface area contributed by atoms with Gasteiger partial charge in [0, 0.05) is 24.3 Å². The third-order valence-electron chi connectivity index (χ3n) is 3.50. The minimum absolute atomic E-state index is 0.136. The number of hydrogen-bond acceptors (Lipinski definition) is 5. The highest BCUT2D eigenvalue weighted by Crippen LogP contribution is 2.19. The minimum atomic E-state index is -0.138. The van der Waals surface area contributed by atoms with Gasteiger partial charge in [-0.25, -0.2) is 0 Å². The van der Waals surface area contributed by atoms with E-state index in [9.17, 15) is 14.4 Å². The van der Waals surface area contributed by atoms with Gasteiger partial charge < -0.3 is 10.1 Å². The Hall–Kier alpha value is -1.86. The summed E-state index contributed by atoms with van der Waals surface area (Å²) in [7, 11) is 0. The van der Waals surface area contributed by atoms with Crippen molar-refractivity contribution in [2.75, 3.05) is 32.6 Å². The molecule has 23 heavy (non-hydrogen) atoms. The lowest BCUT2D eigenvalue weighted by molar-refractivity contribution is -0.139. The van der Waals surface area contributed by atoms with E-state index in [1.54, 1.807) is 6.07 Å². The van der Waals surface area contributed by atoms with Crippen LogP contribution in [0.25, 0.3) is 0 Å². The predicted molar refractivity (Wildman–Crippen MR) is 87.3 cm³/mol. The second kappa shape index (κ2) is 8.69. The van der Waals surface area contributed by atoms with Gasteiger partial charge >= 0.3 is 0 Å². The molecule has 0 aromatic heterocycles. The monoisotopic (exact) mass is 336 g/mol. The summed E-state index contributed by atoms with van der Waals surface area (Å²) in [5, 5.41) is 2.79. The standard InChI is InChI=1S/C16H20N2O4S/c1-23-13-5-3-2-4-12(13)16(21)17-8-10-22-11-9-18-14(19)6-7-15(18)20/h2-5H,6-11H2,1H3,(H,17,21). The summed E-state index contributed by atoms with van der Waals surface area (Å²) in [5.41, 5.74) is 0.647. The topological polar surface area (TPSA) is 75.7 Å². The number of nitrogens with zero attached hydrogens (tertiary/aromatic N) is 1. The van der Waals surface area contributed by atoms with Crippen LogP contribution in [-0.4, -0.2) is 55.2 Å². The van der Waals surface area contributed by atoms with E-state index in [2.05, 4.69) is 5.32 Å². The molecular weight excluding hydrogens is 316 g/mol. The molecule has 0 bridgehead atoms. The van der Waals surface area contributed by atoms with Crippen LogP contribution in [0.5, 0.6) is 0 Å². The fourth-order valence-corrected chi connectivity index (χ4v) is 2.89. The van der Waals surface area contributed by atoms with E-state index in [1.807, 2.05) is 24.5 Å². The average Bonchev–Trinajstić information content (AvgIpc) is 2.89. The number of thioether (sulfide) groups is 1. The Morgan fingerprint density at radius 3 is 2.61 bits per heavy atom. The van der Waals surface area contributed by atoms with E-state index in [-0.39, 0.29) is 30.9 Å². The van der Waals surface area contributed by atoms with E-state index in [0.29, 0.717) is 31.6 Å². The van der Waals surface area contributed by atoms with Crippen molar-refractivity contribution in [1.82, 2.24) is 10.2 Å². The van der Waals surface area contributed by atoms with Crippen molar-refractivity contribution in [2.24, 2.45) is 0 Å². The lowest BCUT2D eigenvalue weighted by atomic mass is 10.2. The van der Waals surface area contributed by atoms with Crippen molar-refractivity contribution < 1.29 is 19.1 Å². The largest absolute Gasteiger partial charge is 0.378 e. The van der Waals surface area contributed by atoms with Crippen LogP contribution in [-0.2, 0) is 14.3 Å². The SMILES string of the molecule is CSc1ccccc1C(=O)NCCOCCN1C(=O)CCC1=O. The maximum atomic E-state index is 12.1. The molecule has 6 nitrogen and oxygen atoms in total. The van der Waals surface area contributed by atoms with Crippen LogP contribution in [0.2, 0.25) is 0 Å². The van der Waals surface area contributed by atoms with Crippen molar-refractivity contribution >= 4 is 29.5 Å². The summed E-state index contributed by atoms with van der Waals surface area (Å²) in [5.74, 6) is -0.412. The second-order valence-electron chi connectivity index (χ2n) is 5.01. The summed E-state index contributed by atoms with van der Waals surface area (Å²) in [6.07, 6.45) is 2.52. The van der Waals surface area contributed by atoms with Gasteiger partial charge in [0.25, 0.3) is 5.91 Å². The van der Waals surface area contributed by atoms with Crippen LogP contribution in [0, 0.1) is 0 Å². The molecule has 0 spiro atoms. The number of carbonyl (C=O) groups excluding carboxylic acids is 3. The highest BCUT2D eigenvalue weighted by atomic mass is 32.2. The summed E-state index contributed by atoms with van der Waals surface area (Å²) in [6.45, 7) is 1.28. The molecule has 0 aliphatic carbocycles. The second-order valence-corrected chi connectivity index (χ2v) is 5.86. The molecule has 7 heteroatoms. The Balaban J connectivity index is 1.64. The van der Waals surface area contributed by atoms with E-state index in [1.165, 1.54) is 16.7 Å². The zero-order valence-corrected chi connectivity index (χ0v) is 13.9. The number of carbonyl (C=O) groups is 3. The number of rotatable bonds is 8. The van der Waals surface area contributed by atoms with Gasteiger partial charge in [-0.05, 0) is 18.4 Å². The van der Waals surface area contributed by atoms with Crippen LogP contribution >= 0.6 is 11.8 Å². The smallest absolute Gasteiger partial charge is 0.252 e. The number of nitrogens with one attached hydrogen (secondary N) is 1. The highest BCUT2D eigenvalue weighted by Gasteiger charge is 2.28. The van der Waals surface area contributed by atoms with Crippen molar-refractivity contribution in [3.05, 3.63) is 29.8 Å². The normalized spacial score (nSPS) is 14.4. The molecule has 1 N–H and O–H groups in total. The molecule has 3 amide bonds. The average molecular weight is 336 g/mol. The van der Waals surface area contributed by atoms with Gasteiger partial charge in [0.05, 0.1) is 25.3 Å². The van der Waals surface area contributed by atoms with Crippen molar-refractivity contribution in [3.8, 4) is 0 Å². The van der Waals surface area contributed by atoms with Gasteiger partial charge in [-0.1, -0.05) is 12.1 Å². The zero-order valence-electron chi connectivity index (χ0n) is 13.0. The Kier molecular flexibility index (Phi) is 6.61. The molecule has 1 fully saturated rings. The fourth-order valence-electron chi connectivity index (χ4n) is 2.29. The van der Waals surface area contributed by atoms with E-state index in [4.69, 9.17) is 4.74 Å². The van der Waals surface area contributed by atoms with Gasteiger partial charge in [-0.15, -0.1) is 11.8 Å². The molecule has 1 saturated heterocycles. The molecule has 0 unspecified atom stereocenters. The molecule has 1 aromatic carbocycles. The maximum absolute atomic E-state index is 12.1. The lowest BCUT2D eigenvalue weighted by Gasteiger charge is -2.14. The molecule has 2 rings (SSSR count). The fraction of sp³-hybridized carbons (Fsp3) is 0.438. The maximum Gasteiger partial charge on any atom is 0.252 e. The third kappa shape index (κ3) is 4.80. The molecule has 0 atom stereocenters. The molecule has 1 aliphatic heterocycles. The molecular formula is C16H20N2O4S. The Bertz CT molecular complexity index is 575. The summed E-state index contributed by atoms with van der Waals surface area (Å²) < 4.78 is 5.37. The Morgan fingerprint density at radius 1 is 1.22 bits per heavy atom. The predicted octanol–water partition coefficient (Wildman–Crippen LogP) is 1.30. The first-order chi connectivity index (χ1) is 11.1. The molecule has 1 heterocycles. The van der Waals surface area contributed by atoms with Gasteiger partial charge in [-0.3, -0.25) is 19.3 Å². The van der Waals surface area contributed by atoms with E-state index >= 15 is 0 Å².